The minimum absolute atomic E-state index is 0.189. The number of aliphatic hydroxyl groups is 1. The number of aliphatic hydroxyl groups excluding tert-OH is 1. The van der Waals surface area contributed by atoms with Crippen molar-refractivity contribution in [3.63, 3.8) is 0 Å². The molecule has 4 nitrogen and oxygen atoms in total. The summed E-state index contributed by atoms with van der Waals surface area (Å²) in [5.74, 6) is 0. The van der Waals surface area contributed by atoms with Crippen LogP contribution in [-0.4, -0.2) is 65.3 Å². The zero-order valence-corrected chi connectivity index (χ0v) is 10.2. The Labute approximate surface area is 97.0 Å². The van der Waals surface area contributed by atoms with Crippen LogP contribution in [0.25, 0.3) is 0 Å². The normalized spacial score (nSPS) is 22.3. The zero-order valence-electron chi connectivity index (χ0n) is 9.35. The first kappa shape index (κ1) is 12.8. The Morgan fingerprint density at radius 3 is 2.73 bits per heavy atom. The zero-order chi connectivity index (χ0) is 11.3. The van der Waals surface area contributed by atoms with E-state index < -0.39 is 0 Å². The molecule has 0 aromatic heterocycles. The van der Waals surface area contributed by atoms with E-state index in [1.165, 1.54) is 0 Å². The Kier molecular flexibility index (Phi) is 5.45. The minimum Gasteiger partial charge on any atom is -0.395 e. The molecule has 0 amide bonds. The summed E-state index contributed by atoms with van der Waals surface area (Å²) in [4.78, 5) is 5.18. The SMILES string of the molecule is CC(C(N)=S)N1CCCN(CCO)CC1. The highest BCUT2D eigenvalue weighted by atomic mass is 32.1. The van der Waals surface area contributed by atoms with Gasteiger partial charge in [0.15, 0.2) is 0 Å². The van der Waals surface area contributed by atoms with E-state index in [0.717, 1.165) is 39.1 Å². The summed E-state index contributed by atoms with van der Waals surface area (Å²) in [5, 5.41) is 8.88. The van der Waals surface area contributed by atoms with E-state index in [4.69, 9.17) is 23.1 Å². The van der Waals surface area contributed by atoms with E-state index in [0.29, 0.717) is 4.99 Å². The first-order chi connectivity index (χ1) is 7.15. The lowest BCUT2D eigenvalue weighted by Crippen LogP contribution is -2.43. The molecule has 1 atom stereocenters. The van der Waals surface area contributed by atoms with Crippen LogP contribution in [-0.2, 0) is 0 Å². The summed E-state index contributed by atoms with van der Waals surface area (Å²) >= 11 is 5.01. The Morgan fingerprint density at radius 2 is 2.13 bits per heavy atom. The van der Waals surface area contributed by atoms with Crippen LogP contribution in [0.1, 0.15) is 13.3 Å². The molecular formula is C10H21N3OS. The lowest BCUT2D eigenvalue weighted by atomic mass is 10.2. The van der Waals surface area contributed by atoms with Gasteiger partial charge < -0.3 is 10.8 Å². The molecule has 0 spiro atoms. The standard InChI is InChI=1S/C10H21N3OS/c1-9(10(11)15)13-4-2-3-12(5-6-13)7-8-14/h9,14H,2-8H2,1H3,(H2,11,15). The Morgan fingerprint density at radius 1 is 1.40 bits per heavy atom. The molecule has 0 aliphatic carbocycles. The first-order valence-corrected chi connectivity index (χ1v) is 5.92. The van der Waals surface area contributed by atoms with E-state index in [1.54, 1.807) is 0 Å². The summed E-state index contributed by atoms with van der Waals surface area (Å²) in [6.07, 6.45) is 1.12. The molecule has 1 saturated heterocycles. The minimum atomic E-state index is 0.189. The van der Waals surface area contributed by atoms with Crippen molar-refractivity contribution in [3.8, 4) is 0 Å². The average molecular weight is 231 g/mol. The van der Waals surface area contributed by atoms with Crippen LogP contribution in [0.4, 0.5) is 0 Å². The van der Waals surface area contributed by atoms with Crippen LogP contribution in [0.15, 0.2) is 0 Å². The van der Waals surface area contributed by atoms with Crippen LogP contribution < -0.4 is 5.73 Å². The predicted octanol–water partition coefficient (Wildman–Crippen LogP) is -0.339. The fourth-order valence-electron chi connectivity index (χ4n) is 1.92. The summed E-state index contributed by atoms with van der Waals surface area (Å²) in [6, 6.07) is 0.189. The number of nitrogens with two attached hydrogens (primary N) is 1. The van der Waals surface area contributed by atoms with Gasteiger partial charge in [0.1, 0.15) is 0 Å². The van der Waals surface area contributed by atoms with E-state index in [9.17, 15) is 0 Å². The molecule has 88 valence electrons. The predicted molar refractivity (Wildman–Crippen MR) is 66.0 cm³/mol. The molecule has 15 heavy (non-hydrogen) atoms. The maximum atomic E-state index is 8.88. The molecule has 3 N–H and O–H groups in total. The molecule has 1 fully saturated rings. The summed E-state index contributed by atoms with van der Waals surface area (Å²) in [5.41, 5.74) is 5.65. The van der Waals surface area contributed by atoms with Gasteiger partial charge in [0, 0.05) is 26.2 Å². The highest BCUT2D eigenvalue weighted by Crippen LogP contribution is 2.07. The van der Waals surface area contributed by atoms with Crippen molar-refractivity contribution in [2.75, 3.05) is 39.3 Å². The van der Waals surface area contributed by atoms with Gasteiger partial charge in [0.2, 0.25) is 0 Å². The van der Waals surface area contributed by atoms with Gasteiger partial charge in [-0.15, -0.1) is 0 Å². The first-order valence-electron chi connectivity index (χ1n) is 5.51. The largest absolute Gasteiger partial charge is 0.395 e. The van der Waals surface area contributed by atoms with Crippen molar-refractivity contribution in [1.29, 1.82) is 0 Å². The second-order valence-electron chi connectivity index (χ2n) is 4.03. The highest BCUT2D eigenvalue weighted by Gasteiger charge is 2.19. The second kappa shape index (κ2) is 6.37. The quantitative estimate of drug-likeness (QED) is 0.648. The molecule has 0 radical (unpaired) electrons. The van der Waals surface area contributed by atoms with Crippen molar-refractivity contribution in [3.05, 3.63) is 0 Å². The molecule has 0 aromatic rings. The van der Waals surface area contributed by atoms with E-state index in [-0.39, 0.29) is 12.6 Å². The smallest absolute Gasteiger partial charge is 0.0899 e. The van der Waals surface area contributed by atoms with Crippen LogP contribution in [0, 0.1) is 0 Å². The summed E-state index contributed by atoms with van der Waals surface area (Å²) in [6.45, 7) is 7.15. The van der Waals surface area contributed by atoms with Gasteiger partial charge >= 0.3 is 0 Å². The molecule has 1 unspecified atom stereocenters. The lowest BCUT2D eigenvalue weighted by Gasteiger charge is -2.26. The Bertz CT molecular complexity index is 213. The topological polar surface area (TPSA) is 52.7 Å². The van der Waals surface area contributed by atoms with Gasteiger partial charge in [-0.2, -0.15) is 0 Å². The number of thiocarbonyl (C=S) groups is 1. The van der Waals surface area contributed by atoms with Crippen LogP contribution in [0.2, 0.25) is 0 Å². The third-order valence-corrected chi connectivity index (χ3v) is 3.34. The fraction of sp³-hybridized carbons (Fsp3) is 0.900. The maximum Gasteiger partial charge on any atom is 0.0899 e. The number of hydrogen-bond donors (Lipinski definition) is 2. The number of nitrogens with zero attached hydrogens (tertiary/aromatic N) is 2. The van der Waals surface area contributed by atoms with Crippen molar-refractivity contribution in [2.45, 2.75) is 19.4 Å². The molecular weight excluding hydrogens is 210 g/mol. The van der Waals surface area contributed by atoms with Crippen molar-refractivity contribution in [2.24, 2.45) is 5.73 Å². The van der Waals surface area contributed by atoms with E-state index in [1.807, 2.05) is 0 Å². The third kappa shape index (κ3) is 4.03. The number of β-amino-alcohol motifs (C(OH)–C–C–N with tert-alkyl or cyclic N) is 1. The van der Waals surface area contributed by atoms with Crippen LogP contribution >= 0.6 is 12.2 Å². The Balaban J connectivity index is 2.41. The molecule has 5 heteroatoms. The van der Waals surface area contributed by atoms with E-state index in [2.05, 4.69) is 16.7 Å². The van der Waals surface area contributed by atoms with Gasteiger partial charge in [-0.1, -0.05) is 12.2 Å². The number of rotatable bonds is 4. The van der Waals surface area contributed by atoms with Gasteiger partial charge in [-0.3, -0.25) is 9.80 Å². The average Bonchev–Trinajstić information content (AvgIpc) is 2.43. The van der Waals surface area contributed by atoms with Gasteiger partial charge in [-0.25, -0.2) is 0 Å². The maximum absolute atomic E-state index is 8.88. The fourth-order valence-corrected chi connectivity index (χ4v) is 2.07. The van der Waals surface area contributed by atoms with Gasteiger partial charge in [0.05, 0.1) is 17.6 Å². The molecule has 0 saturated carbocycles. The monoisotopic (exact) mass is 231 g/mol. The molecule has 0 aromatic carbocycles. The Hall–Kier alpha value is -0.230. The van der Waals surface area contributed by atoms with Crippen molar-refractivity contribution in [1.82, 2.24) is 9.80 Å². The van der Waals surface area contributed by atoms with E-state index >= 15 is 0 Å². The third-order valence-electron chi connectivity index (χ3n) is 3.00. The summed E-state index contributed by atoms with van der Waals surface area (Å²) in [7, 11) is 0. The molecule has 1 aliphatic heterocycles. The van der Waals surface area contributed by atoms with Gasteiger partial charge in [-0.05, 0) is 19.9 Å². The van der Waals surface area contributed by atoms with Crippen LogP contribution in [0.3, 0.4) is 0 Å². The lowest BCUT2D eigenvalue weighted by molar-refractivity contribution is 0.194. The van der Waals surface area contributed by atoms with Crippen LogP contribution in [0.5, 0.6) is 0 Å². The highest BCUT2D eigenvalue weighted by molar-refractivity contribution is 7.80. The summed E-state index contributed by atoms with van der Waals surface area (Å²) < 4.78 is 0. The molecule has 1 rings (SSSR count). The molecule has 1 heterocycles. The molecule has 0 bridgehead atoms. The van der Waals surface area contributed by atoms with Crippen molar-refractivity contribution < 1.29 is 5.11 Å². The molecule has 1 aliphatic rings. The van der Waals surface area contributed by atoms with Crippen molar-refractivity contribution >= 4 is 17.2 Å². The number of hydrogen-bond acceptors (Lipinski definition) is 4. The second-order valence-corrected chi connectivity index (χ2v) is 4.50. The van der Waals surface area contributed by atoms with Gasteiger partial charge in [0.25, 0.3) is 0 Å².